The van der Waals surface area contributed by atoms with Crippen LogP contribution in [-0.4, -0.2) is 34.2 Å². The third kappa shape index (κ3) is 3.59. The van der Waals surface area contributed by atoms with Gasteiger partial charge in [-0.3, -0.25) is 10.2 Å². The number of hydrogen-bond donors (Lipinski definition) is 2. The molecule has 1 aliphatic rings. The Morgan fingerprint density at radius 1 is 1.04 bits per heavy atom. The molecule has 0 radical (unpaired) electrons. The average molecular weight is 332 g/mol. The third-order valence-corrected chi connectivity index (χ3v) is 4.17. The Bertz CT molecular complexity index is 906. The van der Waals surface area contributed by atoms with Gasteiger partial charge in [0.1, 0.15) is 0 Å². The molecular formula is C19H20N6. The van der Waals surface area contributed by atoms with Crippen molar-refractivity contribution in [1.82, 2.24) is 20.2 Å². The van der Waals surface area contributed by atoms with E-state index in [-0.39, 0.29) is 0 Å². The van der Waals surface area contributed by atoms with Gasteiger partial charge in [0.25, 0.3) is 0 Å². The molecule has 25 heavy (non-hydrogen) atoms. The molecule has 0 aliphatic carbocycles. The van der Waals surface area contributed by atoms with Crippen LogP contribution in [-0.2, 0) is 6.54 Å². The summed E-state index contributed by atoms with van der Waals surface area (Å²) in [7, 11) is 0. The predicted octanol–water partition coefficient (Wildman–Crippen LogP) is 2.73. The van der Waals surface area contributed by atoms with Crippen LogP contribution in [0.4, 0.5) is 5.95 Å². The minimum Gasteiger partial charge on any atom is -0.343 e. The Balaban J connectivity index is 1.44. The van der Waals surface area contributed by atoms with Crippen molar-refractivity contribution >= 4 is 22.8 Å². The third-order valence-electron chi connectivity index (χ3n) is 4.17. The second-order valence-electron chi connectivity index (χ2n) is 6.07. The first-order chi connectivity index (χ1) is 12.3. The summed E-state index contributed by atoms with van der Waals surface area (Å²) in [6, 6.07) is 18.4. The molecule has 1 aromatic heterocycles. The van der Waals surface area contributed by atoms with Crippen LogP contribution in [0, 0.1) is 6.92 Å². The van der Waals surface area contributed by atoms with E-state index in [0.717, 1.165) is 29.8 Å². The van der Waals surface area contributed by atoms with Crippen LogP contribution in [0.3, 0.4) is 0 Å². The first kappa shape index (κ1) is 15.5. The summed E-state index contributed by atoms with van der Waals surface area (Å²) in [5.41, 5.74) is 3.17. The zero-order valence-electron chi connectivity index (χ0n) is 14.1. The van der Waals surface area contributed by atoms with Gasteiger partial charge >= 0.3 is 0 Å². The Hall–Kier alpha value is -2.99. The SMILES string of the molecule is Cc1nc(NC2=NCN(Cc3ccccc3)CN2)nc2ccccc12. The first-order valence-corrected chi connectivity index (χ1v) is 8.33. The number of rotatable bonds is 3. The molecule has 6 nitrogen and oxygen atoms in total. The van der Waals surface area contributed by atoms with Gasteiger partial charge in [0.2, 0.25) is 11.9 Å². The number of nitrogens with zero attached hydrogens (tertiary/aromatic N) is 4. The fraction of sp³-hybridized carbons (Fsp3) is 0.211. The molecule has 2 aromatic carbocycles. The van der Waals surface area contributed by atoms with Gasteiger partial charge in [0.05, 0.1) is 24.5 Å². The highest BCUT2D eigenvalue weighted by Crippen LogP contribution is 2.16. The van der Waals surface area contributed by atoms with Crippen molar-refractivity contribution in [3.63, 3.8) is 0 Å². The number of fused-ring (bicyclic) bond motifs is 1. The van der Waals surface area contributed by atoms with E-state index >= 15 is 0 Å². The van der Waals surface area contributed by atoms with Crippen LogP contribution in [0.2, 0.25) is 0 Å². The van der Waals surface area contributed by atoms with Gasteiger partial charge in [0.15, 0.2) is 0 Å². The monoisotopic (exact) mass is 332 g/mol. The Morgan fingerprint density at radius 3 is 2.64 bits per heavy atom. The number of nitrogens with one attached hydrogen (secondary N) is 2. The smallest absolute Gasteiger partial charge is 0.230 e. The van der Waals surface area contributed by atoms with Gasteiger partial charge in [-0.05, 0) is 18.6 Å². The highest BCUT2D eigenvalue weighted by molar-refractivity contribution is 5.93. The number of benzene rings is 2. The minimum absolute atomic E-state index is 0.568. The van der Waals surface area contributed by atoms with E-state index < -0.39 is 0 Å². The fourth-order valence-electron chi connectivity index (χ4n) is 2.89. The number of anilines is 1. The lowest BCUT2D eigenvalue weighted by atomic mass is 10.2. The van der Waals surface area contributed by atoms with Crippen molar-refractivity contribution in [1.29, 1.82) is 0 Å². The lowest BCUT2D eigenvalue weighted by Crippen LogP contribution is -2.45. The van der Waals surface area contributed by atoms with E-state index in [0.29, 0.717) is 18.6 Å². The van der Waals surface area contributed by atoms with E-state index in [2.05, 4.69) is 54.8 Å². The van der Waals surface area contributed by atoms with Gasteiger partial charge in [0, 0.05) is 11.9 Å². The van der Waals surface area contributed by atoms with Crippen LogP contribution < -0.4 is 10.6 Å². The standard InChI is InChI=1S/C19H20N6/c1-14-16-9-5-6-10-17(16)23-19(22-14)24-18-20-12-25(13-21-18)11-15-7-3-2-4-8-15/h2-10H,11-13H2,1H3,(H2,20,21,22,23,24). The van der Waals surface area contributed by atoms with Crippen LogP contribution in [0.25, 0.3) is 10.9 Å². The number of aromatic nitrogens is 2. The molecule has 0 fully saturated rings. The van der Waals surface area contributed by atoms with Crippen LogP contribution in [0.1, 0.15) is 11.3 Å². The molecular weight excluding hydrogens is 312 g/mol. The lowest BCUT2D eigenvalue weighted by Gasteiger charge is -2.26. The van der Waals surface area contributed by atoms with Crippen molar-refractivity contribution in [2.24, 2.45) is 4.99 Å². The number of guanidine groups is 1. The van der Waals surface area contributed by atoms with Gasteiger partial charge in [-0.1, -0.05) is 48.5 Å². The normalized spacial score (nSPS) is 14.8. The summed E-state index contributed by atoms with van der Waals surface area (Å²) >= 11 is 0. The second kappa shape index (κ2) is 6.86. The number of para-hydroxylation sites is 1. The Morgan fingerprint density at radius 2 is 1.84 bits per heavy atom. The highest BCUT2D eigenvalue weighted by Gasteiger charge is 2.13. The summed E-state index contributed by atoms with van der Waals surface area (Å²) < 4.78 is 0. The first-order valence-electron chi connectivity index (χ1n) is 8.33. The second-order valence-corrected chi connectivity index (χ2v) is 6.07. The van der Waals surface area contributed by atoms with Gasteiger partial charge in [-0.25, -0.2) is 15.0 Å². The van der Waals surface area contributed by atoms with Gasteiger partial charge < -0.3 is 5.32 Å². The zero-order chi connectivity index (χ0) is 17.1. The van der Waals surface area contributed by atoms with E-state index in [1.165, 1.54) is 5.56 Å². The molecule has 0 saturated heterocycles. The van der Waals surface area contributed by atoms with E-state index in [4.69, 9.17) is 0 Å². The summed E-state index contributed by atoms with van der Waals surface area (Å²) in [5.74, 6) is 1.28. The molecule has 0 amide bonds. The molecule has 2 N–H and O–H groups in total. The molecule has 126 valence electrons. The lowest BCUT2D eigenvalue weighted by molar-refractivity contribution is 0.256. The molecule has 0 spiro atoms. The topological polar surface area (TPSA) is 65.4 Å². The van der Waals surface area contributed by atoms with E-state index in [1.54, 1.807) is 0 Å². The van der Waals surface area contributed by atoms with Crippen LogP contribution in [0.5, 0.6) is 0 Å². The summed E-state index contributed by atoms with van der Waals surface area (Å²) in [6.07, 6.45) is 0. The highest BCUT2D eigenvalue weighted by atomic mass is 15.4. The van der Waals surface area contributed by atoms with Crippen molar-refractivity contribution in [3.8, 4) is 0 Å². The molecule has 0 bridgehead atoms. The minimum atomic E-state index is 0.568. The predicted molar refractivity (Wildman–Crippen MR) is 100 cm³/mol. The molecule has 0 unspecified atom stereocenters. The maximum Gasteiger partial charge on any atom is 0.230 e. The number of hydrogen-bond acceptors (Lipinski definition) is 6. The Labute approximate surface area is 146 Å². The zero-order valence-corrected chi connectivity index (χ0v) is 14.1. The van der Waals surface area contributed by atoms with Crippen LogP contribution in [0.15, 0.2) is 59.6 Å². The summed E-state index contributed by atoms with van der Waals surface area (Å²) in [5, 5.41) is 7.55. The fourth-order valence-corrected chi connectivity index (χ4v) is 2.89. The van der Waals surface area contributed by atoms with Gasteiger partial charge in [-0.15, -0.1) is 0 Å². The quantitative estimate of drug-likeness (QED) is 0.772. The van der Waals surface area contributed by atoms with E-state index in [1.807, 2.05) is 37.3 Å². The number of aliphatic imine (C=N–C) groups is 1. The molecule has 6 heteroatoms. The van der Waals surface area contributed by atoms with Crippen LogP contribution >= 0.6 is 0 Å². The van der Waals surface area contributed by atoms with E-state index in [9.17, 15) is 0 Å². The molecule has 2 heterocycles. The average Bonchev–Trinajstić information content (AvgIpc) is 2.64. The number of aryl methyl sites for hydroxylation is 1. The van der Waals surface area contributed by atoms with Crippen molar-refractivity contribution in [2.75, 3.05) is 18.7 Å². The molecule has 4 rings (SSSR count). The van der Waals surface area contributed by atoms with Crippen molar-refractivity contribution < 1.29 is 0 Å². The molecule has 0 atom stereocenters. The molecule has 1 aliphatic heterocycles. The van der Waals surface area contributed by atoms with Gasteiger partial charge in [-0.2, -0.15) is 0 Å². The summed E-state index contributed by atoms with van der Waals surface area (Å²) in [4.78, 5) is 15.9. The largest absolute Gasteiger partial charge is 0.343 e. The maximum absolute atomic E-state index is 4.56. The van der Waals surface area contributed by atoms with Crippen molar-refractivity contribution in [2.45, 2.75) is 13.5 Å². The molecule has 0 saturated carbocycles. The Kier molecular flexibility index (Phi) is 4.26. The van der Waals surface area contributed by atoms with Crippen molar-refractivity contribution in [3.05, 3.63) is 65.9 Å². The summed E-state index contributed by atoms with van der Waals surface area (Å²) in [6.45, 7) is 4.23. The molecule has 3 aromatic rings. The maximum atomic E-state index is 4.56.